The standard InChI is InChI=1S/C21H23BrN4O/c1-13-10-16(11-17(18(13)22)21(3,4)27)25-20-23-12-14(2)19(26-20)24-15-8-6-5-7-9-15/h5-12,27H,1-4H3,(H2,23,24,25,26). The van der Waals surface area contributed by atoms with E-state index in [0.29, 0.717) is 5.95 Å². The molecule has 1 aromatic heterocycles. The SMILES string of the molecule is Cc1cnc(Nc2cc(C)c(Br)c(C(C)(C)O)c2)nc1Nc1ccccc1. The Hall–Kier alpha value is -2.44. The van der Waals surface area contributed by atoms with Gasteiger partial charge in [0.15, 0.2) is 0 Å². The summed E-state index contributed by atoms with van der Waals surface area (Å²) in [5.74, 6) is 1.23. The summed E-state index contributed by atoms with van der Waals surface area (Å²) in [4.78, 5) is 8.98. The number of nitrogens with one attached hydrogen (secondary N) is 2. The van der Waals surface area contributed by atoms with Crippen LogP contribution in [0.5, 0.6) is 0 Å². The van der Waals surface area contributed by atoms with E-state index in [4.69, 9.17) is 0 Å². The molecule has 0 aliphatic carbocycles. The number of halogens is 1. The molecular weight excluding hydrogens is 404 g/mol. The van der Waals surface area contributed by atoms with Crippen molar-refractivity contribution in [1.29, 1.82) is 0 Å². The lowest BCUT2D eigenvalue weighted by Crippen LogP contribution is -2.17. The van der Waals surface area contributed by atoms with E-state index in [1.165, 1.54) is 0 Å². The Balaban J connectivity index is 1.90. The summed E-state index contributed by atoms with van der Waals surface area (Å²) >= 11 is 3.56. The number of rotatable bonds is 5. The first-order valence-corrected chi connectivity index (χ1v) is 9.49. The van der Waals surface area contributed by atoms with E-state index in [2.05, 4.69) is 36.5 Å². The van der Waals surface area contributed by atoms with Crippen LogP contribution in [-0.4, -0.2) is 15.1 Å². The van der Waals surface area contributed by atoms with Crippen LogP contribution in [0, 0.1) is 13.8 Å². The Morgan fingerprint density at radius 1 is 0.963 bits per heavy atom. The molecule has 5 nitrogen and oxygen atoms in total. The zero-order valence-electron chi connectivity index (χ0n) is 15.8. The molecule has 0 unspecified atom stereocenters. The van der Waals surface area contributed by atoms with Gasteiger partial charge in [-0.3, -0.25) is 0 Å². The second kappa shape index (κ2) is 7.66. The third kappa shape index (κ3) is 4.64. The molecule has 0 aliphatic heterocycles. The molecule has 0 saturated heterocycles. The average molecular weight is 427 g/mol. The highest BCUT2D eigenvalue weighted by Gasteiger charge is 2.21. The molecule has 0 aliphatic rings. The number of para-hydroxylation sites is 1. The van der Waals surface area contributed by atoms with Gasteiger partial charge in [-0.25, -0.2) is 4.98 Å². The molecule has 3 N–H and O–H groups in total. The van der Waals surface area contributed by atoms with Crippen molar-refractivity contribution in [3.8, 4) is 0 Å². The van der Waals surface area contributed by atoms with Crippen molar-refractivity contribution in [1.82, 2.24) is 9.97 Å². The minimum absolute atomic E-state index is 0.488. The minimum Gasteiger partial charge on any atom is -0.386 e. The molecule has 0 bridgehead atoms. The van der Waals surface area contributed by atoms with Gasteiger partial charge in [0.05, 0.1) is 5.60 Å². The van der Waals surface area contributed by atoms with E-state index in [0.717, 1.165) is 38.4 Å². The van der Waals surface area contributed by atoms with Gasteiger partial charge in [-0.15, -0.1) is 0 Å². The van der Waals surface area contributed by atoms with Gasteiger partial charge in [-0.1, -0.05) is 34.1 Å². The van der Waals surface area contributed by atoms with Crippen molar-refractivity contribution in [2.45, 2.75) is 33.3 Å². The second-order valence-corrected chi connectivity index (χ2v) is 7.85. The van der Waals surface area contributed by atoms with Gasteiger partial charge in [-0.05, 0) is 63.1 Å². The van der Waals surface area contributed by atoms with Crippen LogP contribution in [0.4, 0.5) is 23.1 Å². The molecule has 0 radical (unpaired) electrons. The van der Waals surface area contributed by atoms with E-state index in [1.54, 1.807) is 20.0 Å². The lowest BCUT2D eigenvalue weighted by atomic mass is 9.96. The van der Waals surface area contributed by atoms with E-state index in [1.807, 2.05) is 56.3 Å². The first kappa shape index (κ1) is 19.3. The lowest BCUT2D eigenvalue weighted by molar-refractivity contribution is 0.0778. The molecule has 1 heterocycles. The monoisotopic (exact) mass is 426 g/mol. The summed E-state index contributed by atoms with van der Waals surface area (Å²) in [6.45, 7) is 7.48. The molecule has 0 atom stereocenters. The predicted octanol–water partition coefficient (Wildman–Crippen LogP) is 5.57. The molecule has 3 rings (SSSR count). The van der Waals surface area contributed by atoms with Crippen molar-refractivity contribution < 1.29 is 5.11 Å². The van der Waals surface area contributed by atoms with Crippen molar-refractivity contribution >= 4 is 39.1 Å². The van der Waals surface area contributed by atoms with Gasteiger partial charge >= 0.3 is 0 Å². The van der Waals surface area contributed by atoms with E-state index in [-0.39, 0.29) is 0 Å². The first-order valence-electron chi connectivity index (χ1n) is 8.70. The normalized spacial score (nSPS) is 11.3. The molecule has 0 saturated carbocycles. The maximum absolute atomic E-state index is 10.4. The topological polar surface area (TPSA) is 70.1 Å². The fraction of sp³-hybridized carbons (Fsp3) is 0.238. The molecule has 140 valence electrons. The third-order valence-electron chi connectivity index (χ3n) is 4.18. The number of aliphatic hydroxyl groups is 1. The molecule has 2 aromatic carbocycles. The van der Waals surface area contributed by atoms with Gasteiger partial charge in [-0.2, -0.15) is 4.98 Å². The highest BCUT2D eigenvalue weighted by Crippen LogP contribution is 2.34. The van der Waals surface area contributed by atoms with E-state index >= 15 is 0 Å². The summed E-state index contributed by atoms with van der Waals surface area (Å²) in [7, 11) is 0. The molecule has 0 fully saturated rings. The minimum atomic E-state index is -0.963. The highest BCUT2D eigenvalue weighted by molar-refractivity contribution is 9.10. The van der Waals surface area contributed by atoms with Gasteiger partial charge in [0.1, 0.15) is 5.82 Å². The maximum Gasteiger partial charge on any atom is 0.229 e. The zero-order chi connectivity index (χ0) is 19.6. The van der Waals surface area contributed by atoms with Crippen LogP contribution in [0.15, 0.2) is 53.1 Å². The number of anilines is 4. The van der Waals surface area contributed by atoms with Crippen LogP contribution in [0.3, 0.4) is 0 Å². The van der Waals surface area contributed by atoms with E-state index in [9.17, 15) is 5.11 Å². The number of aromatic nitrogens is 2. The molecule has 27 heavy (non-hydrogen) atoms. The van der Waals surface area contributed by atoms with Gasteiger partial charge in [0, 0.05) is 27.6 Å². The Kier molecular flexibility index (Phi) is 5.48. The van der Waals surface area contributed by atoms with Crippen molar-refractivity contribution in [3.63, 3.8) is 0 Å². The highest BCUT2D eigenvalue weighted by atomic mass is 79.9. The number of hydrogen-bond acceptors (Lipinski definition) is 5. The zero-order valence-corrected chi connectivity index (χ0v) is 17.4. The summed E-state index contributed by atoms with van der Waals surface area (Å²) in [6.07, 6.45) is 1.78. The number of aryl methyl sites for hydroxylation is 2. The molecule has 6 heteroatoms. The maximum atomic E-state index is 10.4. The summed E-state index contributed by atoms with van der Waals surface area (Å²) < 4.78 is 0.900. The van der Waals surface area contributed by atoms with Crippen molar-refractivity contribution in [3.05, 3.63) is 69.8 Å². The Labute approximate surface area is 168 Å². The van der Waals surface area contributed by atoms with Gasteiger partial charge in [0.25, 0.3) is 0 Å². The van der Waals surface area contributed by atoms with Gasteiger partial charge < -0.3 is 15.7 Å². The fourth-order valence-electron chi connectivity index (χ4n) is 2.70. The summed E-state index contributed by atoms with van der Waals surface area (Å²) in [6, 6.07) is 13.8. The third-order valence-corrected chi connectivity index (χ3v) is 5.23. The Bertz CT molecular complexity index is 952. The fourth-order valence-corrected chi connectivity index (χ4v) is 3.42. The number of benzene rings is 2. The lowest BCUT2D eigenvalue weighted by Gasteiger charge is -2.22. The quantitative estimate of drug-likeness (QED) is 0.497. The summed E-state index contributed by atoms with van der Waals surface area (Å²) in [5.41, 5.74) is 3.60. The summed E-state index contributed by atoms with van der Waals surface area (Å²) in [5, 5.41) is 17.0. The van der Waals surface area contributed by atoms with E-state index < -0.39 is 5.60 Å². The number of nitrogens with zero attached hydrogens (tertiary/aromatic N) is 2. The van der Waals surface area contributed by atoms with Crippen LogP contribution in [0.25, 0.3) is 0 Å². The number of hydrogen-bond donors (Lipinski definition) is 3. The molecule has 3 aromatic rings. The van der Waals surface area contributed by atoms with Crippen LogP contribution >= 0.6 is 15.9 Å². The smallest absolute Gasteiger partial charge is 0.229 e. The van der Waals surface area contributed by atoms with Crippen LogP contribution in [0.1, 0.15) is 30.5 Å². The molecule has 0 spiro atoms. The Morgan fingerprint density at radius 3 is 2.33 bits per heavy atom. The van der Waals surface area contributed by atoms with Crippen LogP contribution < -0.4 is 10.6 Å². The molecular formula is C21H23BrN4O. The predicted molar refractivity (Wildman–Crippen MR) is 114 cm³/mol. The van der Waals surface area contributed by atoms with Crippen molar-refractivity contribution in [2.75, 3.05) is 10.6 Å². The van der Waals surface area contributed by atoms with Crippen LogP contribution in [0.2, 0.25) is 0 Å². The van der Waals surface area contributed by atoms with Crippen molar-refractivity contribution in [2.24, 2.45) is 0 Å². The first-order chi connectivity index (χ1) is 12.7. The average Bonchev–Trinajstić information content (AvgIpc) is 2.61. The Morgan fingerprint density at radius 2 is 1.67 bits per heavy atom. The molecule has 0 amide bonds. The van der Waals surface area contributed by atoms with Gasteiger partial charge in [0.2, 0.25) is 5.95 Å². The van der Waals surface area contributed by atoms with Crippen LogP contribution in [-0.2, 0) is 5.60 Å². The second-order valence-electron chi connectivity index (χ2n) is 7.05. The largest absolute Gasteiger partial charge is 0.386 e.